The van der Waals surface area contributed by atoms with E-state index in [0.29, 0.717) is 27.6 Å². The van der Waals surface area contributed by atoms with Gasteiger partial charge in [-0.25, -0.2) is 0 Å². The highest BCUT2D eigenvalue weighted by Gasteiger charge is 2.09. The van der Waals surface area contributed by atoms with Gasteiger partial charge in [0.15, 0.2) is 5.11 Å². The Morgan fingerprint density at radius 3 is 2.11 bits per heavy atom. The topological polar surface area (TPSA) is 79.5 Å². The summed E-state index contributed by atoms with van der Waals surface area (Å²) in [5.41, 5.74) is 1.82. The van der Waals surface area contributed by atoms with Crippen LogP contribution in [0.3, 0.4) is 0 Å². The molecule has 3 aromatic rings. The fourth-order valence-electron chi connectivity index (χ4n) is 2.32. The van der Waals surface area contributed by atoms with Gasteiger partial charge in [-0.15, -0.1) is 11.3 Å². The molecule has 28 heavy (non-hydrogen) atoms. The van der Waals surface area contributed by atoms with Gasteiger partial charge in [0.25, 0.3) is 11.8 Å². The van der Waals surface area contributed by atoms with E-state index >= 15 is 0 Å². The Morgan fingerprint density at radius 2 is 1.54 bits per heavy atom. The minimum atomic E-state index is -0.319. The standard InChI is InChI=1S/C20H17N3O3S2/c1-26-16-10-4-13(5-11-16)18(24)23-20(27)22-15-8-6-14(7-9-15)21-19(25)17-3-2-12-28-17/h2-12H,1H3,(H,21,25)(H2,22,23,24,27). The van der Waals surface area contributed by atoms with Crippen molar-refractivity contribution in [2.24, 2.45) is 0 Å². The fourth-order valence-corrected chi connectivity index (χ4v) is 3.15. The highest BCUT2D eigenvalue weighted by Crippen LogP contribution is 2.16. The molecule has 0 aliphatic rings. The average Bonchev–Trinajstić information content (AvgIpc) is 3.24. The van der Waals surface area contributed by atoms with E-state index in [1.165, 1.54) is 11.3 Å². The molecule has 0 spiro atoms. The quantitative estimate of drug-likeness (QED) is 0.550. The number of anilines is 2. The molecule has 0 saturated heterocycles. The number of methoxy groups -OCH3 is 1. The first-order valence-corrected chi connectivity index (χ1v) is 9.55. The highest BCUT2D eigenvalue weighted by molar-refractivity contribution is 7.80. The lowest BCUT2D eigenvalue weighted by Gasteiger charge is -2.11. The number of benzene rings is 2. The summed E-state index contributed by atoms with van der Waals surface area (Å²) < 4.78 is 5.07. The molecule has 3 rings (SSSR count). The van der Waals surface area contributed by atoms with Crippen molar-refractivity contribution in [1.82, 2.24) is 5.32 Å². The summed E-state index contributed by atoms with van der Waals surface area (Å²) >= 11 is 6.56. The number of ether oxygens (including phenoxy) is 1. The molecule has 0 aliphatic carbocycles. The molecule has 0 atom stereocenters. The van der Waals surface area contributed by atoms with Crippen LogP contribution < -0.4 is 20.7 Å². The van der Waals surface area contributed by atoms with E-state index in [0.717, 1.165) is 0 Å². The van der Waals surface area contributed by atoms with Gasteiger partial charge in [0.05, 0.1) is 12.0 Å². The van der Waals surface area contributed by atoms with Gasteiger partial charge in [-0.3, -0.25) is 14.9 Å². The Hall–Kier alpha value is -3.23. The van der Waals surface area contributed by atoms with Crippen molar-refractivity contribution in [1.29, 1.82) is 0 Å². The molecule has 1 aromatic heterocycles. The second-order valence-corrected chi connectivity index (χ2v) is 7.00. The van der Waals surface area contributed by atoms with Gasteiger partial charge in [0, 0.05) is 16.9 Å². The summed E-state index contributed by atoms with van der Waals surface area (Å²) in [6.45, 7) is 0. The van der Waals surface area contributed by atoms with E-state index in [2.05, 4.69) is 16.0 Å². The van der Waals surface area contributed by atoms with Crippen LogP contribution in [0.2, 0.25) is 0 Å². The Morgan fingerprint density at radius 1 is 0.893 bits per heavy atom. The number of amides is 2. The summed E-state index contributed by atoms with van der Waals surface area (Å²) in [7, 11) is 1.56. The van der Waals surface area contributed by atoms with Crippen LogP contribution in [0.25, 0.3) is 0 Å². The lowest BCUT2D eigenvalue weighted by molar-refractivity contribution is 0.0976. The fraction of sp³-hybridized carbons (Fsp3) is 0.0500. The van der Waals surface area contributed by atoms with Gasteiger partial charge < -0.3 is 15.4 Å². The number of carbonyl (C=O) groups is 2. The van der Waals surface area contributed by atoms with E-state index in [1.54, 1.807) is 61.7 Å². The van der Waals surface area contributed by atoms with Crippen molar-refractivity contribution in [2.45, 2.75) is 0 Å². The number of thiophene rings is 1. The summed E-state index contributed by atoms with van der Waals surface area (Å²) in [6, 6.07) is 17.3. The van der Waals surface area contributed by atoms with E-state index in [4.69, 9.17) is 17.0 Å². The lowest BCUT2D eigenvalue weighted by atomic mass is 10.2. The zero-order valence-corrected chi connectivity index (χ0v) is 16.5. The van der Waals surface area contributed by atoms with Crippen LogP contribution in [0.4, 0.5) is 11.4 Å². The second-order valence-electron chi connectivity index (χ2n) is 5.65. The minimum Gasteiger partial charge on any atom is -0.497 e. The summed E-state index contributed by atoms with van der Waals surface area (Å²) in [4.78, 5) is 24.9. The van der Waals surface area contributed by atoms with Gasteiger partial charge in [0.2, 0.25) is 0 Å². The molecule has 142 valence electrons. The molecule has 0 aliphatic heterocycles. The molecule has 0 radical (unpaired) electrons. The second kappa shape index (κ2) is 9.12. The molecule has 8 heteroatoms. The van der Waals surface area contributed by atoms with Gasteiger partial charge in [-0.2, -0.15) is 0 Å². The lowest BCUT2D eigenvalue weighted by Crippen LogP contribution is -2.34. The molecule has 0 bridgehead atoms. The van der Waals surface area contributed by atoms with Crippen LogP contribution >= 0.6 is 23.6 Å². The Balaban J connectivity index is 1.53. The van der Waals surface area contributed by atoms with Gasteiger partial charge in [0.1, 0.15) is 5.75 Å². The zero-order chi connectivity index (χ0) is 19.9. The van der Waals surface area contributed by atoms with Gasteiger partial charge >= 0.3 is 0 Å². The van der Waals surface area contributed by atoms with Crippen molar-refractivity contribution in [3.8, 4) is 5.75 Å². The summed E-state index contributed by atoms with van der Waals surface area (Å²) in [5, 5.41) is 10.4. The van der Waals surface area contributed by atoms with E-state index < -0.39 is 0 Å². The first kappa shape index (κ1) is 19.5. The average molecular weight is 412 g/mol. The summed E-state index contributed by atoms with van der Waals surface area (Å²) in [5.74, 6) is 0.196. The first-order valence-electron chi connectivity index (χ1n) is 8.26. The molecule has 0 unspecified atom stereocenters. The van der Waals surface area contributed by atoms with Crippen LogP contribution in [0.1, 0.15) is 20.0 Å². The van der Waals surface area contributed by atoms with Crippen LogP contribution in [0.15, 0.2) is 66.0 Å². The number of nitrogens with one attached hydrogen (secondary N) is 3. The molecular weight excluding hydrogens is 394 g/mol. The first-order chi connectivity index (χ1) is 13.5. The maximum atomic E-state index is 12.2. The number of hydrogen-bond donors (Lipinski definition) is 3. The Bertz CT molecular complexity index is 969. The molecule has 2 amide bonds. The number of hydrogen-bond acceptors (Lipinski definition) is 5. The highest BCUT2D eigenvalue weighted by atomic mass is 32.1. The van der Waals surface area contributed by atoms with Gasteiger partial charge in [-0.1, -0.05) is 6.07 Å². The molecule has 3 N–H and O–H groups in total. The van der Waals surface area contributed by atoms with Crippen LogP contribution in [-0.2, 0) is 0 Å². The monoisotopic (exact) mass is 411 g/mol. The third-order valence-corrected chi connectivity index (χ3v) is 4.80. The molecule has 0 fully saturated rings. The predicted octanol–water partition coefficient (Wildman–Crippen LogP) is 4.14. The molecule has 6 nitrogen and oxygen atoms in total. The normalized spacial score (nSPS) is 10.0. The van der Waals surface area contributed by atoms with Crippen LogP contribution in [0, 0.1) is 0 Å². The third kappa shape index (κ3) is 5.15. The van der Waals surface area contributed by atoms with Crippen molar-refractivity contribution < 1.29 is 14.3 Å². The van der Waals surface area contributed by atoms with E-state index in [-0.39, 0.29) is 16.9 Å². The van der Waals surface area contributed by atoms with E-state index in [1.807, 2.05) is 11.4 Å². The molecule has 0 saturated carbocycles. The maximum Gasteiger partial charge on any atom is 0.265 e. The number of rotatable bonds is 5. The van der Waals surface area contributed by atoms with Crippen molar-refractivity contribution in [3.05, 3.63) is 76.5 Å². The number of thiocarbonyl (C=S) groups is 1. The van der Waals surface area contributed by atoms with Gasteiger partial charge in [-0.05, 0) is 72.2 Å². The van der Waals surface area contributed by atoms with Crippen molar-refractivity contribution >= 4 is 51.9 Å². The van der Waals surface area contributed by atoms with Crippen molar-refractivity contribution in [3.63, 3.8) is 0 Å². The smallest absolute Gasteiger partial charge is 0.265 e. The van der Waals surface area contributed by atoms with Crippen LogP contribution in [-0.4, -0.2) is 24.0 Å². The maximum absolute atomic E-state index is 12.2. The minimum absolute atomic E-state index is 0.155. The largest absolute Gasteiger partial charge is 0.497 e. The zero-order valence-electron chi connectivity index (χ0n) is 14.9. The number of carbonyl (C=O) groups excluding carboxylic acids is 2. The summed E-state index contributed by atoms with van der Waals surface area (Å²) in [6.07, 6.45) is 0. The molecular formula is C20H17N3O3S2. The third-order valence-electron chi connectivity index (χ3n) is 3.72. The Labute approximate surface area is 171 Å². The molecule has 1 heterocycles. The predicted molar refractivity (Wildman–Crippen MR) is 115 cm³/mol. The molecule has 2 aromatic carbocycles. The van der Waals surface area contributed by atoms with Crippen molar-refractivity contribution in [2.75, 3.05) is 17.7 Å². The Kier molecular flexibility index (Phi) is 6.36. The SMILES string of the molecule is COc1ccc(C(=O)NC(=S)Nc2ccc(NC(=O)c3cccs3)cc2)cc1. The van der Waals surface area contributed by atoms with Crippen LogP contribution in [0.5, 0.6) is 5.75 Å². The van der Waals surface area contributed by atoms with E-state index in [9.17, 15) is 9.59 Å².